The second-order valence-corrected chi connectivity index (χ2v) is 8.55. The second kappa shape index (κ2) is 8.06. The summed E-state index contributed by atoms with van der Waals surface area (Å²) in [6.45, 7) is 5.11. The fourth-order valence-corrected chi connectivity index (χ4v) is 5.16. The van der Waals surface area contributed by atoms with Crippen molar-refractivity contribution in [2.24, 2.45) is 5.41 Å². The molecule has 8 heteroatoms. The zero-order valence-electron chi connectivity index (χ0n) is 15.5. The summed E-state index contributed by atoms with van der Waals surface area (Å²) in [5.41, 5.74) is -0.209. The number of ether oxygens (including phenoxy) is 1. The van der Waals surface area contributed by atoms with E-state index >= 15 is 0 Å². The molecule has 1 amide bonds. The van der Waals surface area contributed by atoms with E-state index in [0.29, 0.717) is 36.6 Å². The molecule has 0 radical (unpaired) electrons. The SMILES string of the molecule is C[C@@H]1CN(c2ccc(NC(=O)C[C@@]3(C(=O)O)CCSC3)cc2F)C[C@H](C)O1. The molecule has 0 saturated carbocycles. The molecule has 27 heavy (non-hydrogen) atoms. The number of hydrogen-bond acceptors (Lipinski definition) is 5. The summed E-state index contributed by atoms with van der Waals surface area (Å²) in [6, 6.07) is 4.58. The number of nitrogens with zero attached hydrogens (tertiary/aromatic N) is 1. The Balaban J connectivity index is 1.67. The Labute approximate surface area is 162 Å². The normalized spacial score (nSPS) is 28.2. The third kappa shape index (κ3) is 4.55. The number of nitrogens with one attached hydrogen (secondary N) is 1. The van der Waals surface area contributed by atoms with Crippen molar-refractivity contribution < 1.29 is 23.8 Å². The van der Waals surface area contributed by atoms with Crippen LogP contribution < -0.4 is 10.2 Å². The first kappa shape index (κ1) is 19.9. The monoisotopic (exact) mass is 396 g/mol. The molecule has 2 heterocycles. The van der Waals surface area contributed by atoms with Crippen LogP contribution in [-0.4, -0.2) is 53.8 Å². The highest BCUT2D eigenvalue weighted by Crippen LogP contribution is 2.39. The van der Waals surface area contributed by atoms with Crippen LogP contribution in [-0.2, 0) is 14.3 Å². The van der Waals surface area contributed by atoms with Gasteiger partial charge in [-0.05, 0) is 44.2 Å². The number of carbonyl (C=O) groups excluding carboxylic acids is 1. The Bertz CT molecular complexity index is 714. The van der Waals surface area contributed by atoms with E-state index in [4.69, 9.17) is 4.74 Å². The lowest BCUT2D eigenvalue weighted by molar-refractivity contribution is -0.149. The maximum absolute atomic E-state index is 14.6. The minimum atomic E-state index is -1.02. The molecule has 2 N–H and O–H groups in total. The molecule has 0 spiro atoms. The molecule has 1 aromatic rings. The predicted molar refractivity (Wildman–Crippen MR) is 104 cm³/mol. The third-order valence-electron chi connectivity index (χ3n) is 5.05. The number of carbonyl (C=O) groups is 2. The quantitative estimate of drug-likeness (QED) is 0.797. The summed E-state index contributed by atoms with van der Waals surface area (Å²) >= 11 is 1.54. The van der Waals surface area contributed by atoms with E-state index in [1.807, 2.05) is 18.7 Å². The van der Waals surface area contributed by atoms with Crippen LogP contribution in [0, 0.1) is 11.2 Å². The van der Waals surface area contributed by atoms with Gasteiger partial charge in [-0.15, -0.1) is 0 Å². The summed E-state index contributed by atoms with van der Waals surface area (Å²) in [4.78, 5) is 25.8. The van der Waals surface area contributed by atoms with Gasteiger partial charge in [0.15, 0.2) is 0 Å². The number of amides is 1. The summed E-state index contributed by atoms with van der Waals surface area (Å²) in [6.07, 6.45) is 0.409. The predicted octanol–water partition coefficient (Wildman–Crippen LogP) is 2.98. The number of carboxylic acid groups (broad SMARTS) is 1. The number of anilines is 2. The van der Waals surface area contributed by atoms with Gasteiger partial charge in [0.25, 0.3) is 0 Å². The first-order valence-electron chi connectivity index (χ1n) is 9.10. The van der Waals surface area contributed by atoms with Gasteiger partial charge in [0, 0.05) is 31.0 Å². The minimum Gasteiger partial charge on any atom is -0.481 e. The lowest BCUT2D eigenvalue weighted by atomic mass is 9.84. The van der Waals surface area contributed by atoms with E-state index in [9.17, 15) is 19.1 Å². The highest BCUT2D eigenvalue weighted by atomic mass is 32.2. The molecule has 0 bridgehead atoms. The molecule has 2 aliphatic heterocycles. The van der Waals surface area contributed by atoms with Crippen molar-refractivity contribution >= 4 is 35.0 Å². The van der Waals surface area contributed by atoms with Gasteiger partial charge < -0.3 is 20.1 Å². The molecular formula is C19H25FN2O4S. The maximum Gasteiger partial charge on any atom is 0.311 e. The third-order valence-corrected chi connectivity index (χ3v) is 6.30. The standard InChI is InChI=1S/C19H25FN2O4S/c1-12-9-22(10-13(2)26-12)16-4-3-14(7-15(16)20)21-17(23)8-19(18(24)25)5-6-27-11-19/h3-4,7,12-13H,5-6,8-11H2,1-2H3,(H,21,23)(H,24,25)/t12-,13+,19-/m0/s1. The summed E-state index contributed by atoms with van der Waals surface area (Å²) in [5, 5.41) is 12.1. The molecule has 2 saturated heterocycles. The van der Waals surface area contributed by atoms with Crippen molar-refractivity contribution in [3.05, 3.63) is 24.0 Å². The van der Waals surface area contributed by atoms with Gasteiger partial charge in [-0.25, -0.2) is 4.39 Å². The molecule has 1 aromatic carbocycles. The largest absolute Gasteiger partial charge is 0.481 e. The van der Waals surface area contributed by atoms with Crippen molar-refractivity contribution in [2.75, 3.05) is 34.8 Å². The zero-order chi connectivity index (χ0) is 19.6. The molecular weight excluding hydrogens is 371 g/mol. The van der Waals surface area contributed by atoms with E-state index in [2.05, 4.69) is 5.32 Å². The van der Waals surface area contributed by atoms with Crippen LogP contribution in [0.3, 0.4) is 0 Å². The van der Waals surface area contributed by atoms with Crippen LogP contribution in [0.5, 0.6) is 0 Å². The number of halogens is 1. The van der Waals surface area contributed by atoms with Crippen LogP contribution in [0.15, 0.2) is 18.2 Å². The number of hydrogen-bond donors (Lipinski definition) is 2. The molecule has 2 fully saturated rings. The Morgan fingerprint density at radius 1 is 1.37 bits per heavy atom. The number of carboxylic acids is 1. The van der Waals surface area contributed by atoms with Gasteiger partial charge in [-0.2, -0.15) is 11.8 Å². The molecule has 0 unspecified atom stereocenters. The minimum absolute atomic E-state index is 0.0176. The zero-order valence-corrected chi connectivity index (χ0v) is 16.4. The van der Waals surface area contributed by atoms with Crippen LogP contribution in [0.2, 0.25) is 0 Å². The van der Waals surface area contributed by atoms with E-state index in [1.165, 1.54) is 6.07 Å². The Morgan fingerprint density at radius 2 is 2.07 bits per heavy atom. The summed E-state index contributed by atoms with van der Waals surface area (Å²) < 4.78 is 20.3. The van der Waals surface area contributed by atoms with Gasteiger partial charge >= 0.3 is 5.97 Å². The molecule has 3 atom stereocenters. The Hall–Kier alpha value is -1.80. The van der Waals surface area contributed by atoms with Gasteiger partial charge in [-0.1, -0.05) is 0 Å². The lowest BCUT2D eigenvalue weighted by Crippen LogP contribution is -2.45. The molecule has 0 aliphatic carbocycles. The van der Waals surface area contributed by atoms with Crippen LogP contribution in [0.4, 0.5) is 15.8 Å². The van der Waals surface area contributed by atoms with Crippen molar-refractivity contribution in [2.45, 2.75) is 38.9 Å². The highest BCUT2D eigenvalue weighted by Gasteiger charge is 2.43. The maximum atomic E-state index is 14.6. The second-order valence-electron chi connectivity index (χ2n) is 7.44. The fourth-order valence-electron chi connectivity index (χ4n) is 3.72. The van der Waals surface area contributed by atoms with Crippen LogP contribution >= 0.6 is 11.8 Å². The number of benzene rings is 1. The first-order valence-corrected chi connectivity index (χ1v) is 10.3. The summed E-state index contributed by atoms with van der Waals surface area (Å²) in [5.74, 6) is -0.602. The topological polar surface area (TPSA) is 78.9 Å². The molecule has 2 aliphatic rings. The molecule has 3 rings (SSSR count). The Morgan fingerprint density at radius 3 is 2.63 bits per heavy atom. The summed E-state index contributed by atoms with van der Waals surface area (Å²) in [7, 11) is 0. The average molecular weight is 396 g/mol. The van der Waals surface area contributed by atoms with Crippen LogP contribution in [0.1, 0.15) is 26.7 Å². The van der Waals surface area contributed by atoms with Gasteiger partial charge in [0.05, 0.1) is 23.3 Å². The highest BCUT2D eigenvalue weighted by molar-refractivity contribution is 7.99. The van der Waals surface area contributed by atoms with E-state index in [0.717, 1.165) is 5.75 Å². The van der Waals surface area contributed by atoms with Crippen molar-refractivity contribution in [3.63, 3.8) is 0 Å². The fraction of sp³-hybridized carbons (Fsp3) is 0.579. The number of aliphatic carboxylic acids is 1. The van der Waals surface area contributed by atoms with E-state index in [1.54, 1.807) is 23.9 Å². The van der Waals surface area contributed by atoms with E-state index in [-0.39, 0.29) is 18.6 Å². The van der Waals surface area contributed by atoms with Crippen LogP contribution in [0.25, 0.3) is 0 Å². The molecule has 148 valence electrons. The van der Waals surface area contributed by atoms with E-state index < -0.39 is 23.1 Å². The van der Waals surface area contributed by atoms with Gasteiger partial charge in [0.1, 0.15) is 5.82 Å². The van der Waals surface area contributed by atoms with Crippen molar-refractivity contribution in [3.8, 4) is 0 Å². The Kier molecular flexibility index (Phi) is 5.95. The van der Waals surface area contributed by atoms with Gasteiger partial charge in [-0.3, -0.25) is 9.59 Å². The first-order chi connectivity index (χ1) is 12.8. The van der Waals surface area contributed by atoms with Crippen molar-refractivity contribution in [1.82, 2.24) is 0 Å². The van der Waals surface area contributed by atoms with Gasteiger partial charge in [0.2, 0.25) is 5.91 Å². The molecule has 0 aromatic heterocycles. The number of thioether (sulfide) groups is 1. The van der Waals surface area contributed by atoms with Crippen molar-refractivity contribution in [1.29, 1.82) is 0 Å². The average Bonchev–Trinajstić information content (AvgIpc) is 3.03. The number of morpholine rings is 1. The lowest BCUT2D eigenvalue weighted by Gasteiger charge is -2.37. The number of rotatable bonds is 5. The molecule has 6 nitrogen and oxygen atoms in total. The smallest absolute Gasteiger partial charge is 0.311 e.